The number of rotatable bonds is 5. The Kier molecular flexibility index (Phi) is 4.93. The zero-order valence-electron chi connectivity index (χ0n) is 15.4. The van der Waals surface area contributed by atoms with E-state index in [0.29, 0.717) is 23.5 Å². The third-order valence-electron chi connectivity index (χ3n) is 4.32. The van der Waals surface area contributed by atoms with Crippen molar-refractivity contribution in [2.24, 2.45) is 0 Å². The van der Waals surface area contributed by atoms with Gasteiger partial charge in [-0.3, -0.25) is 4.79 Å². The Morgan fingerprint density at radius 2 is 1.88 bits per heavy atom. The maximum absolute atomic E-state index is 13.1. The van der Waals surface area contributed by atoms with E-state index in [4.69, 9.17) is 4.42 Å². The highest BCUT2D eigenvalue weighted by atomic mass is 19.1. The Bertz CT molecular complexity index is 910. The molecule has 0 saturated heterocycles. The maximum Gasteiger partial charge on any atom is 0.257 e. The summed E-state index contributed by atoms with van der Waals surface area (Å²) in [4.78, 5) is 14.8. The van der Waals surface area contributed by atoms with E-state index >= 15 is 0 Å². The lowest BCUT2D eigenvalue weighted by atomic mass is 10.2. The molecule has 0 bridgehead atoms. The van der Waals surface area contributed by atoms with Gasteiger partial charge in [-0.15, -0.1) is 0 Å². The van der Waals surface area contributed by atoms with Crippen molar-refractivity contribution in [3.05, 3.63) is 71.2 Å². The highest BCUT2D eigenvalue weighted by Gasteiger charge is 2.24. The molecular weight excluding hydrogens is 333 g/mol. The molecule has 3 aromatic rings. The Morgan fingerprint density at radius 1 is 1.19 bits per heavy atom. The molecule has 2 aromatic heterocycles. The summed E-state index contributed by atoms with van der Waals surface area (Å²) < 4.78 is 20.4. The minimum atomic E-state index is -0.311. The fourth-order valence-corrected chi connectivity index (χ4v) is 2.84. The maximum atomic E-state index is 13.1. The first-order valence-corrected chi connectivity index (χ1v) is 8.53. The van der Waals surface area contributed by atoms with Crippen LogP contribution in [0.1, 0.15) is 41.4 Å². The molecule has 0 aliphatic heterocycles. The number of hydrogen-bond donors (Lipinski definition) is 0. The number of amides is 1. The molecule has 6 heteroatoms. The number of halogens is 1. The number of furan rings is 1. The van der Waals surface area contributed by atoms with E-state index in [1.165, 1.54) is 12.1 Å². The lowest BCUT2D eigenvalue weighted by Crippen LogP contribution is -2.36. The average molecular weight is 355 g/mol. The topological polar surface area (TPSA) is 51.3 Å². The summed E-state index contributed by atoms with van der Waals surface area (Å²) >= 11 is 0. The molecule has 1 aromatic carbocycles. The third-order valence-corrected chi connectivity index (χ3v) is 4.32. The zero-order chi connectivity index (χ0) is 18.8. The number of nitrogens with zero attached hydrogens (tertiary/aromatic N) is 3. The summed E-state index contributed by atoms with van der Waals surface area (Å²) in [5, 5.41) is 4.31. The highest BCUT2D eigenvalue weighted by molar-refractivity contribution is 5.95. The van der Waals surface area contributed by atoms with Gasteiger partial charge in [0, 0.05) is 6.04 Å². The third kappa shape index (κ3) is 3.54. The van der Waals surface area contributed by atoms with Crippen molar-refractivity contribution in [2.75, 3.05) is 0 Å². The van der Waals surface area contributed by atoms with E-state index in [1.54, 1.807) is 27.9 Å². The molecule has 0 atom stereocenters. The number of hydrogen-bond acceptors (Lipinski definition) is 3. The van der Waals surface area contributed by atoms with Crippen molar-refractivity contribution in [3.63, 3.8) is 0 Å². The first-order chi connectivity index (χ1) is 12.4. The zero-order valence-corrected chi connectivity index (χ0v) is 15.4. The molecule has 0 fully saturated rings. The van der Waals surface area contributed by atoms with Crippen LogP contribution in [0.25, 0.3) is 5.69 Å². The van der Waals surface area contributed by atoms with Gasteiger partial charge in [0.1, 0.15) is 17.3 Å². The fourth-order valence-electron chi connectivity index (χ4n) is 2.84. The molecule has 0 aliphatic carbocycles. The van der Waals surface area contributed by atoms with Crippen LogP contribution < -0.4 is 0 Å². The minimum absolute atomic E-state index is 0.00137. The van der Waals surface area contributed by atoms with E-state index in [0.717, 1.165) is 11.5 Å². The molecule has 2 heterocycles. The van der Waals surface area contributed by atoms with Gasteiger partial charge in [0.2, 0.25) is 0 Å². The number of aromatic nitrogens is 2. The van der Waals surface area contributed by atoms with Crippen molar-refractivity contribution in [3.8, 4) is 5.69 Å². The lowest BCUT2D eigenvalue weighted by Gasteiger charge is -2.25. The van der Waals surface area contributed by atoms with E-state index in [9.17, 15) is 9.18 Å². The Labute approximate surface area is 152 Å². The first kappa shape index (κ1) is 17.9. The van der Waals surface area contributed by atoms with Crippen LogP contribution in [0.5, 0.6) is 0 Å². The second-order valence-corrected chi connectivity index (χ2v) is 6.57. The van der Waals surface area contributed by atoms with Gasteiger partial charge in [0.25, 0.3) is 5.91 Å². The molecule has 0 unspecified atom stereocenters. The molecule has 0 spiro atoms. The highest BCUT2D eigenvalue weighted by Crippen LogP contribution is 2.20. The van der Waals surface area contributed by atoms with Crippen molar-refractivity contribution >= 4 is 5.91 Å². The van der Waals surface area contributed by atoms with E-state index in [1.807, 2.05) is 39.8 Å². The fraction of sp³-hybridized carbons (Fsp3) is 0.300. The van der Waals surface area contributed by atoms with E-state index in [2.05, 4.69) is 5.10 Å². The number of benzene rings is 1. The molecule has 26 heavy (non-hydrogen) atoms. The quantitative estimate of drug-likeness (QED) is 0.687. The Hall–Kier alpha value is -2.89. The van der Waals surface area contributed by atoms with Gasteiger partial charge in [-0.05, 0) is 64.1 Å². The number of carbonyl (C=O) groups is 1. The lowest BCUT2D eigenvalue weighted by molar-refractivity contribution is 0.0674. The molecule has 0 aliphatic rings. The van der Waals surface area contributed by atoms with Gasteiger partial charge in [-0.1, -0.05) is 0 Å². The normalized spacial score (nSPS) is 11.2. The number of carbonyl (C=O) groups excluding carboxylic acids is 1. The van der Waals surface area contributed by atoms with Crippen LogP contribution in [0, 0.1) is 19.7 Å². The van der Waals surface area contributed by atoms with Crippen molar-refractivity contribution in [1.82, 2.24) is 14.7 Å². The summed E-state index contributed by atoms with van der Waals surface area (Å²) in [5.74, 6) is 1.14. The predicted molar refractivity (Wildman–Crippen MR) is 96.7 cm³/mol. The summed E-state index contributed by atoms with van der Waals surface area (Å²) in [6.07, 6.45) is 1.56. The molecule has 136 valence electrons. The van der Waals surface area contributed by atoms with Crippen LogP contribution in [0.3, 0.4) is 0 Å². The Balaban J connectivity index is 1.89. The van der Waals surface area contributed by atoms with Gasteiger partial charge in [0.05, 0.1) is 29.7 Å². The molecule has 1 amide bonds. The van der Waals surface area contributed by atoms with Crippen LogP contribution in [-0.2, 0) is 6.54 Å². The second kappa shape index (κ2) is 7.15. The van der Waals surface area contributed by atoms with Gasteiger partial charge in [-0.25, -0.2) is 9.07 Å². The minimum Gasteiger partial charge on any atom is -0.464 e. The molecule has 0 saturated carbocycles. The molecule has 5 nitrogen and oxygen atoms in total. The van der Waals surface area contributed by atoms with Gasteiger partial charge in [0.15, 0.2) is 0 Å². The molecule has 3 rings (SSSR count). The van der Waals surface area contributed by atoms with Crippen LogP contribution >= 0.6 is 0 Å². The summed E-state index contributed by atoms with van der Waals surface area (Å²) in [6.45, 7) is 8.04. The van der Waals surface area contributed by atoms with E-state index in [-0.39, 0.29) is 17.8 Å². The van der Waals surface area contributed by atoms with Crippen LogP contribution in [-0.4, -0.2) is 26.6 Å². The summed E-state index contributed by atoms with van der Waals surface area (Å²) in [5.41, 5.74) is 1.94. The predicted octanol–water partition coefficient (Wildman–Crippen LogP) is 4.27. The first-order valence-electron chi connectivity index (χ1n) is 8.53. The molecule has 0 N–H and O–H groups in total. The SMILES string of the molecule is Cc1ccc(CN(C(=O)c2cnn(-c3ccc(F)cc3)c2C)C(C)C)o1. The van der Waals surface area contributed by atoms with Crippen LogP contribution in [0.2, 0.25) is 0 Å². The average Bonchev–Trinajstić information content (AvgIpc) is 3.18. The summed E-state index contributed by atoms with van der Waals surface area (Å²) in [6, 6.07) is 9.78. The van der Waals surface area contributed by atoms with Crippen molar-refractivity contribution in [1.29, 1.82) is 0 Å². The molecule has 0 radical (unpaired) electrons. The Morgan fingerprint density at radius 3 is 2.46 bits per heavy atom. The van der Waals surface area contributed by atoms with Crippen molar-refractivity contribution in [2.45, 2.75) is 40.3 Å². The molecular formula is C20H22FN3O2. The van der Waals surface area contributed by atoms with Crippen molar-refractivity contribution < 1.29 is 13.6 Å². The monoisotopic (exact) mass is 355 g/mol. The summed E-state index contributed by atoms with van der Waals surface area (Å²) in [7, 11) is 0. The standard InChI is InChI=1S/C20H22FN3O2/c1-13(2)23(12-18-10-5-14(3)26-18)20(25)19-11-22-24(15(19)4)17-8-6-16(21)7-9-17/h5-11,13H,12H2,1-4H3. The smallest absolute Gasteiger partial charge is 0.257 e. The largest absolute Gasteiger partial charge is 0.464 e. The van der Waals surface area contributed by atoms with E-state index < -0.39 is 0 Å². The number of aryl methyl sites for hydroxylation is 1. The van der Waals surface area contributed by atoms with Crippen LogP contribution in [0.4, 0.5) is 4.39 Å². The van der Waals surface area contributed by atoms with Gasteiger partial charge >= 0.3 is 0 Å². The van der Waals surface area contributed by atoms with Gasteiger partial charge in [-0.2, -0.15) is 5.10 Å². The second-order valence-electron chi connectivity index (χ2n) is 6.57. The van der Waals surface area contributed by atoms with Gasteiger partial charge < -0.3 is 9.32 Å². The van der Waals surface area contributed by atoms with Crippen LogP contribution in [0.15, 0.2) is 47.0 Å².